The number of aryl methyl sites for hydroxylation is 1. The molecule has 25 heavy (non-hydrogen) atoms. The van der Waals surface area contributed by atoms with Gasteiger partial charge in [-0.25, -0.2) is 0 Å². The van der Waals surface area contributed by atoms with Gasteiger partial charge in [0.05, 0.1) is 11.1 Å². The topological polar surface area (TPSA) is 49.3 Å². The van der Waals surface area contributed by atoms with Gasteiger partial charge < -0.3 is 10.4 Å². The molecule has 0 saturated heterocycles. The van der Waals surface area contributed by atoms with Gasteiger partial charge in [-0.15, -0.1) is 0 Å². The number of benzene rings is 3. The fraction of sp³-hybridized carbons (Fsp3) is 0.105. The molecule has 0 aliphatic heterocycles. The number of halogens is 3. The van der Waals surface area contributed by atoms with Crippen LogP contribution >= 0.6 is 0 Å². The van der Waals surface area contributed by atoms with Crippen molar-refractivity contribution in [3.63, 3.8) is 0 Å². The number of phenolic OH excluding ortho intramolecular Hbond substituents is 1. The molecule has 0 saturated carbocycles. The van der Waals surface area contributed by atoms with Crippen molar-refractivity contribution >= 4 is 22.4 Å². The van der Waals surface area contributed by atoms with E-state index in [1.165, 1.54) is 25.1 Å². The van der Waals surface area contributed by atoms with E-state index in [-0.39, 0.29) is 17.0 Å². The Kier molecular flexibility index (Phi) is 4.12. The third kappa shape index (κ3) is 3.57. The molecule has 1 amide bonds. The zero-order valence-electron chi connectivity index (χ0n) is 13.2. The SMILES string of the molecule is Cc1cc(NC(=O)c2cc3ccccc3cc2O)cc(C(F)(F)F)c1. The summed E-state index contributed by atoms with van der Waals surface area (Å²) in [5.74, 6) is -0.915. The molecule has 0 atom stereocenters. The zero-order valence-corrected chi connectivity index (χ0v) is 13.2. The molecule has 0 heterocycles. The first-order valence-electron chi connectivity index (χ1n) is 7.46. The number of anilines is 1. The highest BCUT2D eigenvalue weighted by molar-refractivity contribution is 6.08. The van der Waals surface area contributed by atoms with Crippen LogP contribution in [0.1, 0.15) is 21.5 Å². The van der Waals surface area contributed by atoms with Crippen molar-refractivity contribution in [2.75, 3.05) is 5.32 Å². The Morgan fingerprint density at radius 3 is 2.28 bits per heavy atom. The highest BCUT2D eigenvalue weighted by atomic mass is 19.4. The largest absolute Gasteiger partial charge is 0.507 e. The molecular weight excluding hydrogens is 331 g/mol. The third-order valence-electron chi connectivity index (χ3n) is 3.77. The maximum absolute atomic E-state index is 12.9. The molecule has 0 aliphatic rings. The smallest absolute Gasteiger partial charge is 0.416 e. The first-order valence-corrected chi connectivity index (χ1v) is 7.46. The van der Waals surface area contributed by atoms with E-state index >= 15 is 0 Å². The molecule has 128 valence electrons. The van der Waals surface area contributed by atoms with Crippen LogP contribution in [0.15, 0.2) is 54.6 Å². The minimum Gasteiger partial charge on any atom is -0.507 e. The van der Waals surface area contributed by atoms with Crippen LogP contribution in [0.3, 0.4) is 0 Å². The number of carbonyl (C=O) groups is 1. The Labute approximate surface area is 141 Å². The van der Waals surface area contributed by atoms with Crippen molar-refractivity contribution in [2.24, 2.45) is 0 Å². The van der Waals surface area contributed by atoms with Crippen molar-refractivity contribution < 1.29 is 23.1 Å². The Morgan fingerprint density at radius 2 is 1.64 bits per heavy atom. The van der Waals surface area contributed by atoms with Gasteiger partial charge in [0.1, 0.15) is 5.75 Å². The van der Waals surface area contributed by atoms with Gasteiger partial charge >= 0.3 is 6.18 Å². The second-order valence-electron chi connectivity index (χ2n) is 5.76. The van der Waals surface area contributed by atoms with E-state index in [9.17, 15) is 23.1 Å². The molecule has 2 N–H and O–H groups in total. The van der Waals surface area contributed by atoms with Crippen LogP contribution < -0.4 is 5.32 Å². The predicted molar refractivity (Wildman–Crippen MR) is 89.7 cm³/mol. The summed E-state index contributed by atoms with van der Waals surface area (Å²) in [6.07, 6.45) is -4.50. The molecule has 0 bridgehead atoms. The van der Waals surface area contributed by atoms with E-state index in [2.05, 4.69) is 5.32 Å². The predicted octanol–water partition coefficient (Wildman–Crippen LogP) is 5.12. The average Bonchev–Trinajstić information content (AvgIpc) is 2.52. The molecule has 3 aromatic rings. The lowest BCUT2D eigenvalue weighted by atomic mass is 10.0. The van der Waals surface area contributed by atoms with Crippen molar-refractivity contribution in [1.29, 1.82) is 0 Å². The maximum atomic E-state index is 12.9. The van der Waals surface area contributed by atoms with E-state index in [0.29, 0.717) is 5.56 Å². The molecule has 0 aromatic heterocycles. The Balaban J connectivity index is 1.95. The molecule has 3 rings (SSSR count). The number of nitrogens with one attached hydrogen (secondary N) is 1. The van der Waals surface area contributed by atoms with E-state index in [0.717, 1.165) is 22.9 Å². The van der Waals surface area contributed by atoms with E-state index in [1.807, 2.05) is 0 Å². The highest BCUT2D eigenvalue weighted by Gasteiger charge is 2.31. The van der Waals surface area contributed by atoms with Gasteiger partial charge in [0.2, 0.25) is 0 Å². The van der Waals surface area contributed by atoms with Crippen LogP contribution in [-0.4, -0.2) is 11.0 Å². The second kappa shape index (κ2) is 6.12. The molecule has 0 spiro atoms. The molecule has 3 nitrogen and oxygen atoms in total. The van der Waals surface area contributed by atoms with Gasteiger partial charge in [-0.2, -0.15) is 13.2 Å². The Bertz CT molecular complexity index is 965. The Hall–Kier alpha value is -3.02. The van der Waals surface area contributed by atoms with Crippen molar-refractivity contribution in [1.82, 2.24) is 0 Å². The van der Waals surface area contributed by atoms with Gasteiger partial charge in [0.25, 0.3) is 5.91 Å². The molecule has 6 heteroatoms. The van der Waals surface area contributed by atoms with E-state index in [1.54, 1.807) is 24.3 Å². The normalized spacial score (nSPS) is 11.5. The van der Waals surface area contributed by atoms with Crippen LogP contribution in [0.5, 0.6) is 5.75 Å². The van der Waals surface area contributed by atoms with Crippen molar-refractivity contribution in [3.8, 4) is 5.75 Å². The van der Waals surface area contributed by atoms with Crippen molar-refractivity contribution in [3.05, 3.63) is 71.3 Å². The van der Waals surface area contributed by atoms with Crippen LogP contribution in [0.25, 0.3) is 10.8 Å². The summed E-state index contributed by atoms with van der Waals surface area (Å²) in [5, 5.41) is 14.0. The second-order valence-corrected chi connectivity index (χ2v) is 5.76. The quantitative estimate of drug-likeness (QED) is 0.677. The summed E-state index contributed by atoms with van der Waals surface area (Å²) in [4.78, 5) is 12.4. The first-order chi connectivity index (χ1) is 11.7. The van der Waals surface area contributed by atoms with Crippen LogP contribution in [0.2, 0.25) is 0 Å². The van der Waals surface area contributed by atoms with Gasteiger partial charge in [-0.3, -0.25) is 4.79 Å². The minimum absolute atomic E-state index is 0.00577. The van der Waals surface area contributed by atoms with Crippen LogP contribution in [-0.2, 0) is 6.18 Å². The number of hydrogen-bond donors (Lipinski definition) is 2. The summed E-state index contributed by atoms with van der Waals surface area (Å²) >= 11 is 0. The van der Waals surface area contributed by atoms with E-state index in [4.69, 9.17) is 0 Å². The van der Waals surface area contributed by atoms with Crippen LogP contribution in [0.4, 0.5) is 18.9 Å². The molecule has 0 unspecified atom stereocenters. The number of hydrogen-bond acceptors (Lipinski definition) is 2. The summed E-state index contributed by atoms with van der Waals surface area (Å²) in [7, 11) is 0. The number of amides is 1. The number of fused-ring (bicyclic) bond motifs is 1. The number of phenols is 1. The number of aromatic hydroxyl groups is 1. The fourth-order valence-electron chi connectivity index (χ4n) is 2.63. The van der Waals surface area contributed by atoms with Gasteiger partial charge in [0, 0.05) is 5.69 Å². The number of alkyl halides is 3. The Morgan fingerprint density at radius 1 is 1.00 bits per heavy atom. The molecular formula is C19H14F3NO2. The van der Waals surface area contributed by atoms with Gasteiger partial charge in [-0.05, 0) is 53.6 Å². The first kappa shape index (κ1) is 16.8. The number of carbonyl (C=O) groups excluding carboxylic acids is 1. The zero-order chi connectivity index (χ0) is 18.2. The van der Waals surface area contributed by atoms with E-state index < -0.39 is 17.6 Å². The number of rotatable bonds is 2. The lowest BCUT2D eigenvalue weighted by Crippen LogP contribution is -2.14. The van der Waals surface area contributed by atoms with Gasteiger partial charge in [0.15, 0.2) is 0 Å². The summed E-state index contributed by atoms with van der Waals surface area (Å²) in [6.45, 7) is 1.51. The molecule has 3 aromatic carbocycles. The molecule has 0 fully saturated rings. The monoisotopic (exact) mass is 345 g/mol. The summed E-state index contributed by atoms with van der Waals surface area (Å²) in [5.41, 5.74) is -0.461. The minimum atomic E-state index is -4.50. The maximum Gasteiger partial charge on any atom is 0.416 e. The average molecular weight is 345 g/mol. The summed E-state index contributed by atoms with van der Waals surface area (Å²) < 4.78 is 38.7. The van der Waals surface area contributed by atoms with Crippen molar-refractivity contribution in [2.45, 2.75) is 13.1 Å². The fourth-order valence-corrected chi connectivity index (χ4v) is 2.63. The van der Waals surface area contributed by atoms with Crippen LogP contribution in [0, 0.1) is 6.92 Å². The summed E-state index contributed by atoms with van der Waals surface area (Å²) in [6, 6.07) is 13.4. The standard InChI is InChI=1S/C19H14F3NO2/c1-11-6-14(19(20,21)22)10-15(7-11)23-18(25)16-8-12-4-2-3-5-13(12)9-17(16)24/h2-10,24H,1H3,(H,23,25). The molecule has 0 aliphatic carbocycles. The molecule has 0 radical (unpaired) electrons. The van der Waals surface area contributed by atoms with Gasteiger partial charge in [-0.1, -0.05) is 24.3 Å². The lowest BCUT2D eigenvalue weighted by Gasteiger charge is -2.12. The lowest BCUT2D eigenvalue weighted by molar-refractivity contribution is -0.137. The third-order valence-corrected chi connectivity index (χ3v) is 3.77. The highest BCUT2D eigenvalue weighted by Crippen LogP contribution is 2.32.